The van der Waals surface area contributed by atoms with Gasteiger partial charge in [-0.05, 0) is 19.9 Å². The molecule has 2 atom stereocenters. The number of rotatable bonds is 6. The molecule has 0 aromatic heterocycles. The van der Waals surface area contributed by atoms with Crippen LogP contribution in [-0.4, -0.2) is 31.6 Å². The molecule has 0 heterocycles. The van der Waals surface area contributed by atoms with Crippen molar-refractivity contribution in [3.8, 4) is 0 Å². The highest BCUT2D eigenvalue weighted by Crippen LogP contribution is 2.15. The van der Waals surface area contributed by atoms with Crippen LogP contribution in [0.1, 0.15) is 27.7 Å². The number of carbonyl (C=O) groups is 1. The Hall–Kier alpha value is -0.610. The Morgan fingerprint density at radius 1 is 1.40 bits per heavy atom. The van der Waals surface area contributed by atoms with E-state index in [9.17, 15) is 4.79 Å². The molecule has 0 saturated carbocycles. The highest BCUT2D eigenvalue weighted by molar-refractivity contribution is 5.79. The predicted octanol–water partition coefficient (Wildman–Crippen LogP) is 0.332. The zero-order chi connectivity index (χ0) is 12.1. The lowest BCUT2D eigenvalue weighted by atomic mass is 9.88. The lowest BCUT2D eigenvalue weighted by Gasteiger charge is -2.34. The van der Waals surface area contributed by atoms with Crippen molar-refractivity contribution < 1.29 is 4.79 Å². The van der Waals surface area contributed by atoms with Crippen molar-refractivity contribution in [2.24, 2.45) is 17.6 Å². The predicted molar refractivity (Wildman–Crippen MR) is 63.5 cm³/mol. The van der Waals surface area contributed by atoms with Gasteiger partial charge in [0.2, 0.25) is 5.91 Å². The standard InChI is InChI=1S/C11H25N3O/c1-8(2)11(4,7-12)14-10(15)9(3)6-13-5/h8-9,13H,6-7,12H2,1-5H3,(H,14,15). The van der Waals surface area contributed by atoms with E-state index < -0.39 is 0 Å². The van der Waals surface area contributed by atoms with E-state index in [1.165, 1.54) is 0 Å². The smallest absolute Gasteiger partial charge is 0.224 e. The molecule has 15 heavy (non-hydrogen) atoms. The minimum absolute atomic E-state index is 0.0281. The van der Waals surface area contributed by atoms with Crippen LogP contribution in [0.25, 0.3) is 0 Å². The number of hydrogen-bond donors (Lipinski definition) is 3. The number of amides is 1. The van der Waals surface area contributed by atoms with Crippen molar-refractivity contribution in [2.45, 2.75) is 33.2 Å². The van der Waals surface area contributed by atoms with Gasteiger partial charge in [-0.15, -0.1) is 0 Å². The Kier molecular flexibility index (Phi) is 5.83. The number of hydrogen-bond acceptors (Lipinski definition) is 3. The van der Waals surface area contributed by atoms with E-state index in [2.05, 4.69) is 24.5 Å². The van der Waals surface area contributed by atoms with Gasteiger partial charge in [-0.25, -0.2) is 0 Å². The first-order valence-corrected chi connectivity index (χ1v) is 5.54. The molecule has 0 fully saturated rings. The quantitative estimate of drug-likeness (QED) is 0.598. The normalized spacial score (nSPS) is 17.3. The second-order valence-corrected chi connectivity index (χ2v) is 4.72. The molecule has 0 aliphatic rings. The summed E-state index contributed by atoms with van der Waals surface area (Å²) in [5.41, 5.74) is 5.39. The second-order valence-electron chi connectivity index (χ2n) is 4.72. The van der Waals surface area contributed by atoms with Crippen LogP contribution in [0, 0.1) is 11.8 Å². The molecular weight excluding hydrogens is 190 g/mol. The SMILES string of the molecule is CNCC(C)C(=O)NC(C)(CN)C(C)C. The fourth-order valence-electron chi connectivity index (χ4n) is 1.23. The molecule has 0 spiro atoms. The van der Waals surface area contributed by atoms with Gasteiger partial charge in [0.25, 0.3) is 0 Å². The first-order valence-electron chi connectivity index (χ1n) is 5.54. The molecule has 4 heteroatoms. The lowest BCUT2D eigenvalue weighted by molar-refractivity contribution is -0.126. The summed E-state index contributed by atoms with van der Waals surface area (Å²) in [6.07, 6.45) is 0. The van der Waals surface area contributed by atoms with Crippen LogP contribution in [0.2, 0.25) is 0 Å². The Morgan fingerprint density at radius 2 is 1.93 bits per heavy atom. The molecule has 0 aliphatic carbocycles. The topological polar surface area (TPSA) is 67.2 Å². The Morgan fingerprint density at radius 3 is 2.27 bits per heavy atom. The molecule has 1 amide bonds. The lowest BCUT2D eigenvalue weighted by Crippen LogP contribution is -2.56. The van der Waals surface area contributed by atoms with E-state index in [1.54, 1.807) is 0 Å². The van der Waals surface area contributed by atoms with Gasteiger partial charge in [-0.3, -0.25) is 4.79 Å². The average molecular weight is 215 g/mol. The molecule has 0 aromatic rings. The first-order chi connectivity index (χ1) is 6.87. The van der Waals surface area contributed by atoms with Gasteiger partial charge in [0.1, 0.15) is 0 Å². The summed E-state index contributed by atoms with van der Waals surface area (Å²) in [7, 11) is 1.84. The minimum Gasteiger partial charge on any atom is -0.349 e. The summed E-state index contributed by atoms with van der Waals surface area (Å²) in [5.74, 6) is 0.360. The maximum atomic E-state index is 11.8. The van der Waals surface area contributed by atoms with Gasteiger partial charge in [0.05, 0.1) is 5.54 Å². The van der Waals surface area contributed by atoms with Crippen LogP contribution in [0.5, 0.6) is 0 Å². The van der Waals surface area contributed by atoms with Crippen LogP contribution in [-0.2, 0) is 4.79 Å². The Balaban J connectivity index is 4.36. The third-order valence-corrected chi connectivity index (χ3v) is 3.06. The molecular formula is C11H25N3O. The molecule has 0 saturated heterocycles. The highest BCUT2D eigenvalue weighted by atomic mass is 16.2. The zero-order valence-electron chi connectivity index (χ0n) is 10.6. The van der Waals surface area contributed by atoms with Crippen molar-refractivity contribution in [2.75, 3.05) is 20.1 Å². The third-order valence-electron chi connectivity index (χ3n) is 3.06. The van der Waals surface area contributed by atoms with E-state index in [0.29, 0.717) is 19.0 Å². The molecule has 90 valence electrons. The van der Waals surface area contributed by atoms with Gasteiger partial charge in [0.15, 0.2) is 0 Å². The minimum atomic E-state index is -0.306. The molecule has 4 N–H and O–H groups in total. The van der Waals surface area contributed by atoms with Crippen LogP contribution in [0.3, 0.4) is 0 Å². The molecule has 4 nitrogen and oxygen atoms in total. The molecule has 0 radical (unpaired) electrons. The van der Waals surface area contributed by atoms with E-state index >= 15 is 0 Å². The van der Waals surface area contributed by atoms with E-state index in [-0.39, 0.29) is 17.4 Å². The largest absolute Gasteiger partial charge is 0.349 e. The maximum Gasteiger partial charge on any atom is 0.224 e. The van der Waals surface area contributed by atoms with E-state index in [0.717, 1.165) is 0 Å². The summed E-state index contributed by atoms with van der Waals surface area (Å²) in [5, 5.41) is 6.01. The molecule has 0 bridgehead atoms. The van der Waals surface area contributed by atoms with E-state index in [4.69, 9.17) is 5.73 Å². The first kappa shape index (κ1) is 14.4. The van der Waals surface area contributed by atoms with Crippen molar-refractivity contribution >= 4 is 5.91 Å². The highest BCUT2D eigenvalue weighted by Gasteiger charge is 2.29. The number of nitrogens with two attached hydrogens (primary N) is 1. The van der Waals surface area contributed by atoms with Crippen molar-refractivity contribution in [1.29, 1.82) is 0 Å². The van der Waals surface area contributed by atoms with Crippen LogP contribution in [0.15, 0.2) is 0 Å². The Labute approximate surface area is 93.0 Å². The van der Waals surface area contributed by atoms with Crippen molar-refractivity contribution in [3.63, 3.8) is 0 Å². The van der Waals surface area contributed by atoms with Gasteiger partial charge < -0.3 is 16.4 Å². The summed E-state index contributed by atoms with van der Waals surface area (Å²) in [6.45, 7) is 9.17. The zero-order valence-corrected chi connectivity index (χ0v) is 10.6. The second kappa shape index (κ2) is 6.08. The Bertz CT molecular complexity index is 206. The van der Waals surface area contributed by atoms with Crippen LogP contribution in [0.4, 0.5) is 0 Å². The summed E-state index contributed by atoms with van der Waals surface area (Å²) >= 11 is 0. The monoisotopic (exact) mass is 215 g/mol. The molecule has 0 aliphatic heterocycles. The molecule has 2 unspecified atom stereocenters. The fraction of sp³-hybridized carbons (Fsp3) is 0.909. The number of nitrogens with one attached hydrogen (secondary N) is 2. The average Bonchev–Trinajstić information content (AvgIpc) is 2.17. The number of carbonyl (C=O) groups excluding carboxylic acids is 1. The van der Waals surface area contributed by atoms with Crippen molar-refractivity contribution in [1.82, 2.24) is 10.6 Å². The van der Waals surface area contributed by atoms with Crippen LogP contribution < -0.4 is 16.4 Å². The van der Waals surface area contributed by atoms with E-state index in [1.807, 2.05) is 20.9 Å². The maximum absolute atomic E-state index is 11.8. The summed E-state index contributed by atoms with van der Waals surface area (Å²) in [6, 6.07) is 0. The van der Waals surface area contributed by atoms with Crippen LogP contribution >= 0.6 is 0 Å². The van der Waals surface area contributed by atoms with Gasteiger partial charge in [-0.1, -0.05) is 20.8 Å². The van der Waals surface area contributed by atoms with Crippen molar-refractivity contribution in [3.05, 3.63) is 0 Å². The fourth-order valence-corrected chi connectivity index (χ4v) is 1.23. The van der Waals surface area contributed by atoms with Gasteiger partial charge in [0, 0.05) is 19.0 Å². The summed E-state index contributed by atoms with van der Waals surface area (Å²) in [4.78, 5) is 11.8. The third kappa shape index (κ3) is 4.18. The van der Waals surface area contributed by atoms with Gasteiger partial charge >= 0.3 is 0 Å². The molecule has 0 rings (SSSR count). The summed E-state index contributed by atoms with van der Waals surface area (Å²) < 4.78 is 0. The molecule has 0 aromatic carbocycles. The van der Waals surface area contributed by atoms with Gasteiger partial charge in [-0.2, -0.15) is 0 Å².